The predicted octanol–water partition coefficient (Wildman–Crippen LogP) is 4.37. The summed E-state index contributed by atoms with van der Waals surface area (Å²) in [6, 6.07) is 17.6. The summed E-state index contributed by atoms with van der Waals surface area (Å²) in [5, 5.41) is 2.74. The molecule has 0 fully saturated rings. The number of carbonyl (C=O) groups excluding carboxylic acids is 2. The number of hydrogen-bond acceptors (Lipinski definition) is 3. The van der Waals surface area contributed by atoms with Gasteiger partial charge in [0.1, 0.15) is 5.56 Å². The van der Waals surface area contributed by atoms with Crippen LogP contribution in [0, 0.1) is 0 Å². The van der Waals surface area contributed by atoms with Crippen LogP contribution >= 0.6 is 15.9 Å². The van der Waals surface area contributed by atoms with E-state index in [0.29, 0.717) is 41.9 Å². The molecule has 1 amide bonds. The first-order valence-electron chi connectivity index (χ1n) is 8.99. The summed E-state index contributed by atoms with van der Waals surface area (Å²) in [5.74, 6) is -0.568. The van der Waals surface area contributed by atoms with Crippen molar-refractivity contribution in [2.24, 2.45) is 0 Å². The van der Waals surface area contributed by atoms with E-state index >= 15 is 0 Å². The third-order valence-electron chi connectivity index (χ3n) is 4.78. The largest absolute Gasteiger partial charge is 0.322 e. The average Bonchev–Trinajstić information content (AvgIpc) is 2.70. The van der Waals surface area contributed by atoms with Crippen molar-refractivity contribution in [1.29, 1.82) is 0 Å². The van der Waals surface area contributed by atoms with Crippen molar-refractivity contribution in [1.82, 2.24) is 4.57 Å². The maximum atomic E-state index is 13.2. The number of amides is 1. The zero-order chi connectivity index (χ0) is 19.7. The lowest BCUT2D eigenvalue weighted by Gasteiger charge is -2.21. The molecule has 2 aromatic carbocycles. The second-order valence-electron chi connectivity index (χ2n) is 6.63. The molecule has 28 heavy (non-hydrogen) atoms. The zero-order valence-electron chi connectivity index (χ0n) is 14.9. The molecule has 1 N–H and O–H groups in total. The fourth-order valence-corrected chi connectivity index (χ4v) is 3.70. The molecule has 0 radical (unpaired) electrons. The van der Waals surface area contributed by atoms with Crippen LogP contribution in [0.2, 0.25) is 0 Å². The molecular formula is C22H17BrN2O3. The Balaban J connectivity index is 1.85. The molecule has 0 aliphatic heterocycles. The van der Waals surface area contributed by atoms with Crippen LogP contribution in [-0.2, 0) is 6.42 Å². The summed E-state index contributed by atoms with van der Waals surface area (Å²) in [6.45, 7) is 0. The highest BCUT2D eigenvalue weighted by atomic mass is 79.9. The third kappa shape index (κ3) is 3.43. The molecule has 5 nitrogen and oxygen atoms in total. The highest BCUT2D eigenvalue weighted by Gasteiger charge is 2.26. The molecule has 4 rings (SSSR count). The van der Waals surface area contributed by atoms with Gasteiger partial charge >= 0.3 is 0 Å². The van der Waals surface area contributed by atoms with E-state index in [2.05, 4.69) is 21.2 Å². The molecule has 0 atom stereocenters. The van der Waals surface area contributed by atoms with Gasteiger partial charge in [0.15, 0.2) is 5.78 Å². The second kappa shape index (κ2) is 7.56. The Morgan fingerprint density at radius 2 is 1.68 bits per heavy atom. The Labute approximate surface area is 170 Å². The van der Waals surface area contributed by atoms with E-state index in [4.69, 9.17) is 0 Å². The normalized spacial score (nSPS) is 13.1. The molecule has 1 aliphatic rings. The number of benzene rings is 2. The SMILES string of the molecule is O=C1CCCc2c1cc(C(=O)Nc1ccc(Br)cc1)c(=O)n2-c1ccccc1. The van der Waals surface area contributed by atoms with Crippen molar-refractivity contribution in [3.05, 3.63) is 92.3 Å². The van der Waals surface area contributed by atoms with Gasteiger partial charge in [-0.2, -0.15) is 0 Å². The molecule has 140 valence electrons. The first-order chi connectivity index (χ1) is 13.5. The van der Waals surface area contributed by atoms with Crippen molar-refractivity contribution in [2.75, 3.05) is 5.32 Å². The number of hydrogen-bond donors (Lipinski definition) is 1. The predicted molar refractivity (Wildman–Crippen MR) is 111 cm³/mol. The molecule has 0 saturated carbocycles. The van der Waals surface area contributed by atoms with E-state index in [0.717, 1.165) is 4.47 Å². The number of carbonyl (C=O) groups is 2. The summed E-state index contributed by atoms with van der Waals surface area (Å²) in [6.07, 6.45) is 1.75. The Bertz CT molecular complexity index is 1120. The lowest BCUT2D eigenvalue weighted by atomic mass is 9.92. The number of fused-ring (bicyclic) bond motifs is 1. The summed E-state index contributed by atoms with van der Waals surface area (Å²) in [7, 11) is 0. The Morgan fingerprint density at radius 3 is 2.39 bits per heavy atom. The molecule has 0 saturated heterocycles. The Hall–Kier alpha value is -2.99. The van der Waals surface area contributed by atoms with Crippen LogP contribution in [0.15, 0.2) is 69.9 Å². The van der Waals surface area contributed by atoms with Gasteiger partial charge in [0.05, 0.1) is 0 Å². The second-order valence-corrected chi connectivity index (χ2v) is 7.55. The van der Waals surface area contributed by atoms with Gasteiger partial charge in [0, 0.05) is 33.5 Å². The minimum Gasteiger partial charge on any atom is -0.322 e. The maximum Gasteiger partial charge on any atom is 0.268 e. The molecule has 3 aromatic rings. The van der Waals surface area contributed by atoms with Gasteiger partial charge in [-0.1, -0.05) is 34.1 Å². The number of para-hydroxylation sites is 1. The monoisotopic (exact) mass is 436 g/mol. The van der Waals surface area contributed by atoms with Crippen LogP contribution in [0.3, 0.4) is 0 Å². The van der Waals surface area contributed by atoms with Gasteiger partial charge in [0.2, 0.25) is 0 Å². The fraction of sp³-hybridized carbons (Fsp3) is 0.136. The molecule has 1 aliphatic carbocycles. The molecule has 0 bridgehead atoms. The Kier molecular flexibility index (Phi) is 4.96. The van der Waals surface area contributed by atoms with Crippen LogP contribution in [-0.4, -0.2) is 16.3 Å². The van der Waals surface area contributed by atoms with Gasteiger partial charge < -0.3 is 5.32 Å². The quantitative estimate of drug-likeness (QED) is 0.662. The highest BCUT2D eigenvalue weighted by molar-refractivity contribution is 9.10. The molecule has 0 unspecified atom stereocenters. The Morgan fingerprint density at radius 1 is 0.964 bits per heavy atom. The number of Topliss-reactive ketones (excluding diaryl/α,β-unsaturated/α-hetero) is 1. The van der Waals surface area contributed by atoms with Crippen LogP contribution in [0.5, 0.6) is 0 Å². The van der Waals surface area contributed by atoms with Gasteiger partial charge in [-0.3, -0.25) is 19.0 Å². The minimum atomic E-state index is -0.529. The van der Waals surface area contributed by atoms with E-state index in [9.17, 15) is 14.4 Å². The highest BCUT2D eigenvalue weighted by Crippen LogP contribution is 2.24. The number of halogens is 1. The number of nitrogens with one attached hydrogen (secondary N) is 1. The molecule has 1 aromatic heterocycles. The van der Waals surface area contributed by atoms with Crippen molar-refractivity contribution in [2.45, 2.75) is 19.3 Å². The van der Waals surface area contributed by atoms with Crippen molar-refractivity contribution in [3.63, 3.8) is 0 Å². The molecule has 1 heterocycles. The summed E-state index contributed by atoms with van der Waals surface area (Å²) >= 11 is 3.35. The molecule has 0 spiro atoms. The molecule has 6 heteroatoms. The smallest absolute Gasteiger partial charge is 0.268 e. The standard InChI is InChI=1S/C22H17BrN2O3/c23-14-9-11-15(12-10-14)24-21(27)18-13-17-19(7-4-8-20(17)26)25(22(18)28)16-5-2-1-3-6-16/h1-3,5-6,9-13H,4,7-8H2,(H,24,27). The van der Waals surface area contributed by atoms with E-state index in [1.54, 1.807) is 36.4 Å². The number of aromatic nitrogens is 1. The van der Waals surface area contributed by atoms with Crippen LogP contribution in [0.25, 0.3) is 5.69 Å². The number of nitrogens with zero attached hydrogens (tertiary/aromatic N) is 1. The lowest BCUT2D eigenvalue weighted by Crippen LogP contribution is -2.33. The van der Waals surface area contributed by atoms with E-state index in [-0.39, 0.29) is 11.3 Å². The summed E-state index contributed by atoms with van der Waals surface area (Å²) in [5.41, 5.74) is 1.89. The van der Waals surface area contributed by atoms with Crippen molar-refractivity contribution in [3.8, 4) is 5.69 Å². The van der Waals surface area contributed by atoms with Crippen LogP contribution < -0.4 is 10.9 Å². The van der Waals surface area contributed by atoms with Crippen LogP contribution in [0.1, 0.15) is 39.3 Å². The van der Waals surface area contributed by atoms with Crippen molar-refractivity contribution < 1.29 is 9.59 Å². The van der Waals surface area contributed by atoms with E-state index in [1.165, 1.54) is 10.6 Å². The lowest BCUT2D eigenvalue weighted by molar-refractivity contribution is 0.0971. The molecular weight excluding hydrogens is 420 g/mol. The minimum absolute atomic E-state index is 0.0383. The van der Waals surface area contributed by atoms with E-state index < -0.39 is 11.5 Å². The van der Waals surface area contributed by atoms with Gasteiger partial charge in [0.25, 0.3) is 11.5 Å². The number of pyridine rings is 1. The first-order valence-corrected chi connectivity index (χ1v) is 9.78. The van der Waals surface area contributed by atoms with Gasteiger partial charge in [-0.05, 0) is 55.3 Å². The number of anilines is 1. The summed E-state index contributed by atoms with van der Waals surface area (Å²) < 4.78 is 2.39. The van der Waals surface area contributed by atoms with Gasteiger partial charge in [-0.25, -0.2) is 0 Å². The maximum absolute atomic E-state index is 13.2. The van der Waals surface area contributed by atoms with Crippen LogP contribution in [0.4, 0.5) is 5.69 Å². The number of ketones is 1. The average molecular weight is 437 g/mol. The fourth-order valence-electron chi connectivity index (χ4n) is 3.44. The zero-order valence-corrected chi connectivity index (χ0v) is 16.5. The van der Waals surface area contributed by atoms with Crippen molar-refractivity contribution >= 4 is 33.3 Å². The topological polar surface area (TPSA) is 68.2 Å². The summed E-state index contributed by atoms with van der Waals surface area (Å²) in [4.78, 5) is 38.6. The van der Waals surface area contributed by atoms with Gasteiger partial charge in [-0.15, -0.1) is 0 Å². The third-order valence-corrected chi connectivity index (χ3v) is 5.31. The van der Waals surface area contributed by atoms with E-state index in [1.807, 2.05) is 18.2 Å². The number of rotatable bonds is 3. The first kappa shape index (κ1) is 18.4.